The molecule has 98 valence electrons. The second-order valence-corrected chi connectivity index (χ2v) is 4.65. The standard InChI is InChI=1S/C12H17N3O3/c1-8(2)18-11-5-10(13-7-14-11)15-4-3-9(6-15)12(16)17/h5,7-9H,3-4,6H2,1-2H3,(H,16,17). The molecule has 0 aromatic carbocycles. The summed E-state index contributed by atoms with van der Waals surface area (Å²) in [5.74, 6) is 0.192. The zero-order chi connectivity index (χ0) is 13.1. The molecule has 2 rings (SSSR count). The molecule has 18 heavy (non-hydrogen) atoms. The van der Waals surface area contributed by atoms with Crippen LogP contribution in [0.25, 0.3) is 0 Å². The summed E-state index contributed by atoms with van der Waals surface area (Å²) < 4.78 is 5.49. The number of rotatable bonds is 4. The predicted octanol–water partition coefficient (Wildman–Crippen LogP) is 1.17. The molecule has 1 aromatic rings. The van der Waals surface area contributed by atoms with E-state index in [1.807, 2.05) is 18.7 Å². The van der Waals surface area contributed by atoms with E-state index in [9.17, 15) is 4.79 Å². The van der Waals surface area contributed by atoms with E-state index in [1.165, 1.54) is 6.33 Å². The van der Waals surface area contributed by atoms with Crippen LogP contribution in [0.5, 0.6) is 5.88 Å². The van der Waals surface area contributed by atoms with Crippen LogP contribution in [-0.4, -0.2) is 40.2 Å². The fraction of sp³-hybridized carbons (Fsp3) is 0.583. The van der Waals surface area contributed by atoms with Crippen molar-refractivity contribution >= 4 is 11.8 Å². The Balaban J connectivity index is 2.07. The Hall–Kier alpha value is -1.85. The number of hydrogen-bond acceptors (Lipinski definition) is 5. The molecule has 0 aliphatic carbocycles. The fourth-order valence-electron chi connectivity index (χ4n) is 1.98. The molecule has 1 aromatic heterocycles. The Morgan fingerprint density at radius 2 is 2.33 bits per heavy atom. The number of carboxylic acid groups (broad SMARTS) is 1. The van der Waals surface area contributed by atoms with Gasteiger partial charge in [0.05, 0.1) is 12.0 Å². The van der Waals surface area contributed by atoms with Crippen LogP contribution in [0.3, 0.4) is 0 Å². The fourth-order valence-corrected chi connectivity index (χ4v) is 1.98. The molecule has 1 atom stereocenters. The summed E-state index contributed by atoms with van der Waals surface area (Å²) in [6, 6.07) is 1.75. The molecule has 0 amide bonds. The van der Waals surface area contributed by atoms with E-state index in [-0.39, 0.29) is 12.0 Å². The highest BCUT2D eigenvalue weighted by atomic mass is 16.5. The molecule has 1 fully saturated rings. The lowest BCUT2D eigenvalue weighted by Gasteiger charge is -2.17. The second-order valence-electron chi connectivity index (χ2n) is 4.65. The maximum atomic E-state index is 10.9. The highest BCUT2D eigenvalue weighted by Gasteiger charge is 2.28. The normalized spacial score (nSPS) is 19.3. The summed E-state index contributed by atoms with van der Waals surface area (Å²) in [4.78, 5) is 21.1. The van der Waals surface area contributed by atoms with Gasteiger partial charge in [0.2, 0.25) is 5.88 Å². The number of ether oxygens (including phenoxy) is 1. The van der Waals surface area contributed by atoms with Crippen molar-refractivity contribution < 1.29 is 14.6 Å². The van der Waals surface area contributed by atoms with Gasteiger partial charge >= 0.3 is 5.97 Å². The molecule has 0 spiro atoms. The van der Waals surface area contributed by atoms with E-state index in [2.05, 4.69) is 9.97 Å². The number of nitrogens with zero attached hydrogens (tertiary/aromatic N) is 3. The maximum absolute atomic E-state index is 10.9. The third kappa shape index (κ3) is 2.88. The number of carboxylic acids is 1. The van der Waals surface area contributed by atoms with Gasteiger partial charge in [0.15, 0.2) is 0 Å². The first-order valence-electron chi connectivity index (χ1n) is 6.02. The van der Waals surface area contributed by atoms with Crippen molar-refractivity contribution in [2.75, 3.05) is 18.0 Å². The van der Waals surface area contributed by atoms with Crippen molar-refractivity contribution in [3.8, 4) is 5.88 Å². The topological polar surface area (TPSA) is 75.5 Å². The Morgan fingerprint density at radius 1 is 1.56 bits per heavy atom. The summed E-state index contributed by atoms with van der Waals surface area (Å²) in [6.45, 7) is 5.05. The van der Waals surface area contributed by atoms with Crippen LogP contribution in [0, 0.1) is 5.92 Å². The average Bonchev–Trinajstić information content (AvgIpc) is 2.77. The van der Waals surface area contributed by atoms with Gasteiger partial charge in [0, 0.05) is 19.2 Å². The van der Waals surface area contributed by atoms with Gasteiger partial charge in [-0.15, -0.1) is 0 Å². The molecule has 2 heterocycles. The minimum Gasteiger partial charge on any atom is -0.481 e. The van der Waals surface area contributed by atoms with Crippen molar-refractivity contribution in [1.82, 2.24) is 9.97 Å². The Kier molecular flexibility index (Phi) is 3.64. The van der Waals surface area contributed by atoms with Crippen LogP contribution in [0.1, 0.15) is 20.3 Å². The third-order valence-electron chi connectivity index (χ3n) is 2.85. The van der Waals surface area contributed by atoms with E-state index in [4.69, 9.17) is 9.84 Å². The van der Waals surface area contributed by atoms with Crippen LogP contribution in [0.4, 0.5) is 5.82 Å². The first kappa shape index (κ1) is 12.6. The van der Waals surface area contributed by atoms with Crippen LogP contribution >= 0.6 is 0 Å². The molecule has 6 heteroatoms. The minimum atomic E-state index is -0.745. The number of aliphatic carboxylic acids is 1. The van der Waals surface area contributed by atoms with Crippen molar-refractivity contribution in [2.45, 2.75) is 26.4 Å². The molecule has 1 unspecified atom stereocenters. The molecule has 0 radical (unpaired) electrons. The van der Waals surface area contributed by atoms with Crippen LogP contribution < -0.4 is 9.64 Å². The van der Waals surface area contributed by atoms with Crippen molar-refractivity contribution in [1.29, 1.82) is 0 Å². The highest BCUT2D eigenvalue weighted by molar-refractivity contribution is 5.71. The maximum Gasteiger partial charge on any atom is 0.308 e. The summed E-state index contributed by atoms with van der Waals surface area (Å²) >= 11 is 0. The lowest BCUT2D eigenvalue weighted by atomic mass is 10.1. The van der Waals surface area contributed by atoms with Gasteiger partial charge in [0.1, 0.15) is 12.1 Å². The van der Waals surface area contributed by atoms with Gasteiger partial charge in [-0.3, -0.25) is 4.79 Å². The Morgan fingerprint density at radius 3 is 2.94 bits per heavy atom. The Labute approximate surface area is 106 Å². The van der Waals surface area contributed by atoms with Crippen molar-refractivity contribution in [3.63, 3.8) is 0 Å². The summed E-state index contributed by atoms with van der Waals surface area (Å²) in [7, 11) is 0. The largest absolute Gasteiger partial charge is 0.481 e. The first-order chi connectivity index (χ1) is 8.56. The lowest BCUT2D eigenvalue weighted by molar-refractivity contribution is -0.140. The average molecular weight is 251 g/mol. The van der Waals surface area contributed by atoms with E-state index >= 15 is 0 Å². The molecule has 1 N–H and O–H groups in total. The highest BCUT2D eigenvalue weighted by Crippen LogP contribution is 2.24. The second kappa shape index (κ2) is 5.20. The third-order valence-corrected chi connectivity index (χ3v) is 2.85. The van der Waals surface area contributed by atoms with E-state index < -0.39 is 5.97 Å². The Bertz CT molecular complexity index is 436. The van der Waals surface area contributed by atoms with Crippen LogP contribution in [0.2, 0.25) is 0 Å². The molecular weight excluding hydrogens is 234 g/mol. The van der Waals surface area contributed by atoms with Gasteiger partial charge < -0.3 is 14.7 Å². The molecule has 1 saturated heterocycles. The van der Waals surface area contributed by atoms with Gasteiger partial charge in [-0.1, -0.05) is 0 Å². The number of carbonyl (C=O) groups is 1. The zero-order valence-electron chi connectivity index (χ0n) is 10.5. The van der Waals surface area contributed by atoms with Crippen LogP contribution in [0.15, 0.2) is 12.4 Å². The molecule has 1 aliphatic heterocycles. The summed E-state index contributed by atoms with van der Waals surface area (Å²) in [6.07, 6.45) is 2.15. The number of hydrogen-bond donors (Lipinski definition) is 1. The quantitative estimate of drug-likeness (QED) is 0.865. The van der Waals surface area contributed by atoms with Gasteiger partial charge in [0.25, 0.3) is 0 Å². The lowest BCUT2D eigenvalue weighted by Crippen LogP contribution is -2.23. The molecular formula is C12H17N3O3. The van der Waals surface area contributed by atoms with Gasteiger partial charge in [-0.2, -0.15) is 0 Å². The van der Waals surface area contributed by atoms with E-state index in [1.54, 1.807) is 6.07 Å². The van der Waals surface area contributed by atoms with Crippen molar-refractivity contribution in [2.24, 2.45) is 5.92 Å². The minimum absolute atomic E-state index is 0.0538. The van der Waals surface area contributed by atoms with E-state index in [0.29, 0.717) is 25.4 Å². The van der Waals surface area contributed by atoms with Crippen LogP contribution in [-0.2, 0) is 4.79 Å². The number of aromatic nitrogens is 2. The predicted molar refractivity (Wildman–Crippen MR) is 65.8 cm³/mol. The zero-order valence-corrected chi connectivity index (χ0v) is 10.5. The SMILES string of the molecule is CC(C)Oc1cc(N2CCC(C(=O)O)C2)ncn1. The monoisotopic (exact) mass is 251 g/mol. The molecule has 0 bridgehead atoms. The molecule has 1 aliphatic rings. The molecule has 6 nitrogen and oxygen atoms in total. The van der Waals surface area contributed by atoms with E-state index in [0.717, 1.165) is 5.82 Å². The number of anilines is 1. The summed E-state index contributed by atoms with van der Waals surface area (Å²) in [5.41, 5.74) is 0. The van der Waals surface area contributed by atoms with Gasteiger partial charge in [-0.25, -0.2) is 9.97 Å². The summed E-state index contributed by atoms with van der Waals surface area (Å²) in [5, 5.41) is 8.97. The molecule has 0 saturated carbocycles. The first-order valence-corrected chi connectivity index (χ1v) is 6.02. The van der Waals surface area contributed by atoms with Crippen molar-refractivity contribution in [3.05, 3.63) is 12.4 Å². The smallest absolute Gasteiger partial charge is 0.308 e. The van der Waals surface area contributed by atoms with Gasteiger partial charge in [-0.05, 0) is 20.3 Å².